The Labute approximate surface area is 194 Å². The molecule has 4 aromatic rings. The van der Waals surface area contributed by atoms with Crippen LogP contribution in [-0.4, -0.2) is 29.9 Å². The van der Waals surface area contributed by atoms with E-state index in [-0.39, 0.29) is 11.9 Å². The molecule has 1 atom stereocenters. The van der Waals surface area contributed by atoms with Crippen molar-refractivity contribution in [3.8, 4) is 28.3 Å². The summed E-state index contributed by atoms with van der Waals surface area (Å²) >= 11 is 0. The van der Waals surface area contributed by atoms with Crippen molar-refractivity contribution in [3.63, 3.8) is 0 Å². The number of hydrogen-bond acceptors (Lipinski definition) is 4. The van der Waals surface area contributed by atoms with Gasteiger partial charge in [0.15, 0.2) is 11.7 Å². The summed E-state index contributed by atoms with van der Waals surface area (Å²) < 4.78 is 11.6. The van der Waals surface area contributed by atoms with Crippen LogP contribution in [0.2, 0.25) is 0 Å². The molecular formula is C28H28N2O3. The summed E-state index contributed by atoms with van der Waals surface area (Å²) in [5.41, 5.74) is 3.72. The minimum absolute atomic E-state index is 0.0223. The van der Waals surface area contributed by atoms with E-state index in [0.717, 1.165) is 33.9 Å². The molecule has 33 heavy (non-hydrogen) atoms. The molecule has 0 aliphatic carbocycles. The van der Waals surface area contributed by atoms with Crippen LogP contribution in [0.15, 0.2) is 89.3 Å². The van der Waals surface area contributed by atoms with Crippen molar-refractivity contribution in [2.45, 2.75) is 25.8 Å². The van der Waals surface area contributed by atoms with Crippen LogP contribution in [-0.2, 0) is 11.2 Å². The zero-order valence-electron chi connectivity index (χ0n) is 19.2. The standard InChI is InChI=1S/C28H28N2O3/c1-20(23-16-10-11-17-24(23)32-3)30(2)26(31)19-18-25-29-27(21-12-6-4-7-13-21)28(33-25)22-14-8-5-9-15-22/h4-17,20H,18-19H2,1-3H3/t20-/m0/s1. The molecule has 0 aliphatic heterocycles. The molecule has 168 valence electrons. The number of aryl methyl sites for hydroxylation is 1. The van der Waals surface area contributed by atoms with E-state index in [9.17, 15) is 4.79 Å². The van der Waals surface area contributed by atoms with Gasteiger partial charge in [-0.15, -0.1) is 0 Å². The molecule has 0 saturated heterocycles. The van der Waals surface area contributed by atoms with Crippen LogP contribution in [0.1, 0.15) is 30.8 Å². The molecule has 0 radical (unpaired) electrons. The van der Waals surface area contributed by atoms with E-state index in [2.05, 4.69) is 0 Å². The minimum atomic E-state index is -0.113. The monoisotopic (exact) mass is 440 g/mol. The number of nitrogens with zero attached hydrogens (tertiary/aromatic N) is 2. The molecular weight excluding hydrogens is 412 g/mol. The Bertz CT molecular complexity index is 1150. The van der Waals surface area contributed by atoms with E-state index >= 15 is 0 Å². The summed E-state index contributed by atoms with van der Waals surface area (Å²) in [4.78, 5) is 19.5. The van der Waals surface area contributed by atoms with E-state index in [1.54, 1.807) is 12.0 Å². The zero-order valence-corrected chi connectivity index (χ0v) is 19.2. The largest absolute Gasteiger partial charge is 0.496 e. The highest BCUT2D eigenvalue weighted by molar-refractivity contribution is 5.78. The summed E-state index contributed by atoms with van der Waals surface area (Å²) in [6.07, 6.45) is 0.730. The third kappa shape index (κ3) is 4.98. The Balaban J connectivity index is 1.52. The molecule has 5 heteroatoms. The molecule has 4 rings (SSSR count). The lowest BCUT2D eigenvalue weighted by Gasteiger charge is -2.26. The molecule has 0 spiro atoms. The van der Waals surface area contributed by atoms with Crippen molar-refractivity contribution in [2.75, 3.05) is 14.2 Å². The Morgan fingerprint density at radius 3 is 2.21 bits per heavy atom. The second-order valence-electron chi connectivity index (χ2n) is 7.94. The molecule has 0 N–H and O–H groups in total. The number of ether oxygens (including phenoxy) is 1. The average Bonchev–Trinajstić information content (AvgIpc) is 3.31. The van der Waals surface area contributed by atoms with Gasteiger partial charge in [0.2, 0.25) is 5.91 Å². The fourth-order valence-electron chi connectivity index (χ4n) is 3.87. The quantitative estimate of drug-likeness (QED) is 0.329. The van der Waals surface area contributed by atoms with E-state index in [1.807, 2.05) is 98.9 Å². The van der Waals surface area contributed by atoms with Gasteiger partial charge in [0.25, 0.3) is 0 Å². The zero-order chi connectivity index (χ0) is 23.2. The number of hydrogen-bond donors (Lipinski definition) is 0. The maximum atomic E-state index is 13.0. The number of methoxy groups -OCH3 is 1. The molecule has 3 aromatic carbocycles. The van der Waals surface area contributed by atoms with Crippen LogP contribution >= 0.6 is 0 Å². The second-order valence-corrected chi connectivity index (χ2v) is 7.94. The first-order valence-electron chi connectivity index (χ1n) is 11.1. The van der Waals surface area contributed by atoms with Gasteiger partial charge in [-0.1, -0.05) is 78.9 Å². The highest BCUT2D eigenvalue weighted by atomic mass is 16.5. The van der Waals surface area contributed by atoms with Gasteiger partial charge in [0.05, 0.1) is 13.2 Å². The molecule has 0 saturated carbocycles. The summed E-state index contributed by atoms with van der Waals surface area (Å²) in [5, 5.41) is 0. The molecule has 0 fully saturated rings. The van der Waals surface area contributed by atoms with Gasteiger partial charge in [-0.3, -0.25) is 4.79 Å². The maximum absolute atomic E-state index is 13.0. The minimum Gasteiger partial charge on any atom is -0.496 e. The maximum Gasteiger partial charge on any atom is 0.223 e. The first-order valence-corrected chi connectivity index (χ1v) is 11.1. The Hall–Kier alpha value is -3.86. The number of benzene rings is 3. The highest BCUT2D eigenvalue weighted by Crippen LogP contribution is 2.33. The van der Waals surface area contributed by atoms with Crippen LogP contribution in [0.4, 0.5) is 0 Å². The van der Waals surface area contributed by atoms with Crippen molar-refractivity contribution < 1.29 is 13.9 Å². The molecule has 1 amide bonds. The van der Waals surface area contributed by atoms with Gasteiger partial charge in [0, 0.05) is 36.6 Å². The van der Waals surface area contributed by atoms with Crippen molar-refractivity contribution in [1.82, 2.24) is 9.88 Å². The molecule has 1 aromatic heterocycles. The van der Waals surface area contributed by atoms with Crippen LogP contribution < -0.4 is 4.74 Å². The van der Waals surface area contributed by atoms with Crippen molar-refractivity contribution in [2.24, 2.45) is 0 Å². The van der Waals surface area contributed by atoms with Crippen molar-refractivity contribution in [3.05, 3.63) is 96.4 Å². The van der Waals surface area contributed by atoms with Gasteiger partial charge in [-0.05, 0) is 13.0 Å². The molecule has 1 heterocycles. The molecule has 0 unspecified atom stereocenters. The topological polar surface area (TPSA) is 55.6 Å². The lowest BCUT2D eigenvalue weighted by atomic mass is 10.1. The van der Waals surface area contributed by atoms with Gasteiger partial charge < -0.3 is 14.1 Å². The van der Waals surface area contributed by atoms with Crippen molar-refractivity contribution in [1.29, 1.82) is 0 Å². The predicted octanol–water partition coefficient (Wildman–Crippen LogP) is 6.17. The lowest BCUT2D eigenvalue weighted by molar-refractivity contribution is -0.131. The molecule has 5 nitrogen and oxygen atoms in total. The number of carbonyl (C=O) groups is 1. The summed E-state index contributed by atoms with van der Waals surface area (Å²) in [5.74, 6) is 2.07. The molecule has 0 bridgehead atoms. The van der Waals surface area contributed by atoms with E-state index < -0.39 is 0 Å². The number of rotatable bonds is 8. The van der Waals surface area contributed by atoms with Crippen molar-refractivity contribution >= 4 is 5.91 Å². The molecule has 0 aliphatic rings. The number of amides is 1. The predicted molar refractivity (Wildman–Crippen MR) is 130 cm³/mol. The summed E-state index contributed by atoms with van der Waals surface area (Å²) in [6, 6.07) is 27.6. The number of para-hydroxylation sites is 1. The fraction of sp³-hybridized carbons (Fsp3) is 0.214. The number of carbonyl (C=O) groups excluding carboxylic acids is 1. The smallest absolute Gasteiger partial charge is 0.223 e. The second kappa shape index (κ2) is 10.2. The van der Waals surface area contributed by atoms with Gasteiger partial charge in [-0.2, -0.15) is 0 Å². The van der Waals surface area contributed by atoms with E-state index in [0.29, 0.717) is 18.7 Å². The van der Waals surface area contributed by atoms with Gasteiger partial charge in [0.1, 0.15) is 11.4 Å². The Morgan fingerprint density at radius 1 is 0.939 bits per heavy atom. The number of aromatic nitrogens is 1. The lowest BCUT2D eigenvalue weighted by Crippen LogP contribution is -2.30. The Kier molecular flexibility index (Phi) is 6.89. The van der Waals surface area contributed by atoms with E-state index in [1.165, 1.54) is 0 Å². The normalized spacial score (nSPS) is 11.7. The van der Waals surface area contributed by atoms with Crippen LogP contribution in [0.25, 0.3) is 22.6 Å². The van der Waals surface area contributed by atoms with Crippen LogP contribution in [0.5, 0.6) is 5.75 Å². The summed E-state index contributed by atoms with van der Waals surface area (Å²) in [7, 11) is 3.46. The number of oxazole rings is 1. The van der Waals surface area contributed by atoms with Crippen LogP contribution in [0, 0.1) is 0 Å². The van der Waals surface area contributed by atoms with E-state index in [4.69, 9.17) is 14.1 Å². The first-order chi connectivity index (χ1) is 16.1. The summed E-state index contributed by atoms with van der Waals surface area (Å²) in [6.45, 7) is 2.00. The SMILES string of the molecule is COc1ccccc1[C@H](C)N(C)C(=O)CCc1nc(-c2ccccc2)c(-c2ccccc2)o1. The first kappa shape index (κ1) is 22.3. The third-order valence-corrected chi connectivity index (χ3v) is 5.87. The average molecular weight is 441 g/mol. The highest BCUT2D eigenvalue weighted by Gasteiger charge is 2.22. The van der Waals surface area contributed by atoms with Crippen LogP contribution in [0.3, 0.4) is 0 Å². The fourth-order valence-corrected chi connectivity index (χ4v) is 3.87. The van der Waals surface area contributed by atoms with Gasteiger partial charge in [-0.25, -0.2) is 4.98 Å². The van der Waals surface area contributed by atoms with Gasteiger partial charge >= 0.3 is 0 Å². The Morgan fingerprint density at radius 2 is 1.55 bits per heavy atom. The third-order valence-electron chi connectivity index (χ3n) is 5.87.